The summed E-state index contributed by atoms with van der Waals surface area (Å²) < 4.78 is 41.2. The third-order valence-electron chi connectivity index (χ3n) is 3.11. The number of aliphatic hydroxyl groups excluding tert-OH is 1. The van der Waals surface area contributed by atoms with Crippen LogP contribution >= 0.6 is 11.6 Å². The molecule has 0 aliphatic heterocycles. The molecule has 0 aliphatic carbocycles. The Labute approximate surface area is 119 Å². The lowest BCUT2D eigenvalue weighted by Crippen LogP contribution is -2.10. The lowest BCUT2D eigenvalue weighted by molar-refractivity contribution is 0.167. The SMILES string of the molecule is Cc1ccc(F)c(C(O)Cc2c(F)cccc2Cl)c1F. The molecule has 0 heterocycles. The fraction of sp³-hybridized carbons (Fsp3) is 0.200. The molecule has 5 heteroatoms. The van der Waals surface area contributed by atoms with E-state index in [2.05, 4.69) is 0 Å². The van der Waals surface area contributed by atoms with E-state index in [1.165, 1.54) is 31.2 Å². The highest BCUT2D eigenvalue weighted by Gasteiger charge is 2.22. The largest absolute Gasteiger partial charge is 0.388 e. The van der Waals surface area contributed by atoms with Gasteiger partial charge in [-0.15, -0.1) is 0 Å². The number of aryl methyl sites for hydroxylation is 1. The second-order valence-electron chi connectivity index (χ2n) is 4.51. The van der Waals surface area contributed by atoms with Crippen LogP contribution in [0.5, 0.6) is 0 Å². The van der Waals surface area contributed by atoms with E-state index in [1.807, 2.05) is 0 Å². The molecule has 0 saturated carbocycles. The van der Waals surface area contributed by atoms with Crippen molar-refractivity contribution in [3.8, 4) is 0 Å². The van der Waals surface area contributed by atoms with E-state index in [0.29, 0.717) is 0 Å². The molecule has 0 aromatic heterocycles. The highest BCUT2D eigenvalue weighted by molar-refractivity contribution is 6.31. The van der Waals surface area contributed by atoms with Crippen LogP contribution in [0.25, 0.3) is 0 Å². The molecular formula is C15H12ClF3O. The monoisotopic (exact) mass is 300 g/mol. The Morgan fingerprint density at radius 1 is 1.10 bits per heavy atom. The lowest BCUT2D eigenvalue weighted by atomic mass is 9.98. The van der Waals surface area contributed by atoms with Crippen molar-refractivity contribution >= 4 is 11.6 Å². The average molecular weight is 301 g/mol. The fourth-order valence-corrected chi connectivity index (χ4v) is 2.25. The van der Waals surface area contributed by atoms with Crippen LogP contribution in [0.2, 0.25) is 5.02 Å². The van der Waals surface area contributed by atoms with Gasteiger partial charge in [0.2, 0.25) is 0 Å². The number of halogens is 4. The van der Waals surface area contributed by atoms with Crippen LogP contribution in [0.15, 0.2) is 30.3 Å². The van der Waals surface area contributed by atoms with Crippen molar-refractivity contribution in [2.45, 2.75) is 19.4 Å². The van der Waals surface area contributed by atoms with E-state index in [4.69, 9.17) is 11.6 Å². The maximum absolute atomic E-state index is 13.9. The van der Waals surface area contributed by atoms with Gasteiger partial charge in [0.25, 0.3) is 0 Å². The summed E-state index contributed by atoms with van der Waals surface area (Å²) in [6.45, 7) is 1.46. The summed E-state index contributed by atoms with van der Waals surface area (Å²) in [5, 5.41) is 10.1. The van der Waals surface area contributed by atoms with E-state index < -0.39 is 29.1 Å². The quantitative estimate of drug-likeness (QED) is 0.894. The Hall–Kier alpha value is -1.52. The van der Waals surface area contributed by atoms with Crippen LogP contribution in [0.4, 0.5) is 13.2 Å². The minimum atomic E-state index is -1.51. The Bertz CT molecular complexity index is 623. The van der Waals surface area contributed by atoms with Crippen molar-refractivity contribution in [2.75, 3.05) is 0 Å². The molecule has 1 unspecified atom stereocenters. The molecule has 2 aromatic rings. The van der Waals surface area contributed by atoms with Crippen LogP contribution in [0.3, 0.4) is 0 Å². The van der Waals surface area contributed by atoms with Crippen LogP contribution in [0.1, 0.15) is 22.8 Å². The number of hydrogen-bond donors (Lipinski definition) is 1. The second-order valence-corrected chi connectivity index (χ2v) is 4.92. The van der Waals surface area contributed by atoms with Gasteiger partial charge < -0.3 is 5.11 Å². The van der Waals surface area contributed by atoms with Gasteiger partial charge in [-0.2, -0.15) is 0 Å². The van der Waals surface area contributed by atoms with Crippen molar-refractivity contribution in [3.63, 3.8) is 0 Å². The molecule has 0 bridgehead atoms. The lowest BCUT2D eigenvalue weighted by Gasteiger charge is -2.15. The number of aliphatic hydroxyl groups is 1. The maximum atomic E-state index is 13.9. The molecule has 2 rings (SSSR count). The minimum Gasteiger partial charge on any atom is -0.388 e. The first-order valence-corrected chi connectivity index (χ1v) is 6.35. The molecule has 0 fully saturated rings. The first kappa shape index (κ1) is 14.9. The summed E-state index contributed by atoms with van der Waals surface area (Å²) in [5.74, 6) is -2.32. The van der Waals surface area contributed by atoms with Crippen LogP contribution < -0.4 is 0 Å². The molecule has 0 amide bonds. The molecule has 20 heavy (non-hydrogen) atoms. The molecule has 1 nitrogen and oxygen atoms in total. The van der Waals surface area contributed by atoms with Gasteiger partial charge in [0.1, 0.15) is 17.5 Å². The molecule has 2 aromatic carbocycles. The summed E-state index contributed by atoms with van der Waals surface area (Å²) in [7, 11) is 0. The van der Waals surface area contributed by atoms with E-state index in [1.54, 1.807) is 0 Å². The Morgan fingerprint density at radius 3 is 2.45 bits per heavy atom. The summed E-state index contributed by atoms with van der Waals surface area (Å²) in [6, 6.07) is 6.39. The normalized spacial score (nSPS) is 12.5. The van der Waals surface area contributed by atoms with Gasteiger partial charge in [-0.3, -0.25) is 0 Å². The zero-order valence-corrected chi connectivity index (χ0v) is 11.4. The first-order valence-electron chi connectivity index (χ1n) is 5.97. The summed E-state index contributed by atoms with van der Waals surface area (Å²) in [5.41, 5.74) is -0.230. The Morgan fingerprint density at radius 2 is 1.80 bits per heavy atom. The third-order valence-corrected chi connectivity index (χ3v) is 3.47. The van der Waals surface area contributed by atoms with Gasteiger partial charge in [-0.25, -0.2) is 13.2 Å². The van der Waals surface area contributed by atoms with Crippen molar-refractivity contribution < 1.29 is 18.3 Å². The molecular weight excluding hydrogens is 289 g/mol. The molecule has 1 N–H and O–H groups in total. The highest BCUT2D eigenvalue weighted by Crippen LogP contribution is 2.29. The summed E-state index contributed by atoms with van der Waals surface area (Å²) >= 11 is 5.83. The predicted octanol–water partition coefficient (Wildman–Crippen LogP) is 4.34. The van der Waals surface area contributed by atoms with Crippen LogP contribution in [0, 0.1) is 24.4 Å². The second kappa shape index (κ2) is 5.85. The molecule has 106 valence electrons. The first-order chi connectivity index (χ1) is 9.41. The van der Waals surface area contributed by atoms with Gasteiger partial charge in [-0.1, -0.05) is 23.7 Å². The fourth-order valence-electron chi connectivity index (χ4n) is 2.01. The molecule has 1 atom stereocenters. The van der Waals surface area contributed by atoms with E-state index >= 15 is 0 Å². The number of hydrogen-bond acceptors (Lipinski definition) is 1. The Kier molecular flexibility index (Phi) is 4.35. The van der Waals surface area contributed by atoms with E-state index in [-0.39, 0.29) is 22.6 Å². The predicted molar refractivity (Wildman–Crippen MR) is 71.2 cm³/mol. The third kappa shape index (κ3) is 2.81. The maximum Gasteiger partial charge on any atom is 0.134 e. The van der Waals surface area contributed by atoms with Gasteiger partial charge in [-0.05, 0) is 30.7 Å². The summed E-state index contributed by atoms with van der Waals surface area (Å²) in [6.07, 6.45) is -1.81. The topological polar surface area (TPSA) is 20.2 Å². The van der Waals surface area contributed by atoms with E-state index in [0.717, 1.165) is 6.07 Å². The van der Waals surface area contributed by atoms with Gasteiger partial charge in [0.15, 0.2) is 0 Å². The van der Waals surface area contributed by atoms with Crippen LogP contribution in [-0.2, 0) is 6.42 Å². The van der Waals surface area contributed by atoms with Crippen molar-refractivity contribution in [1.82, 2.24) is 0 Å². The zero-order valence-electron chi connectivity index (χ0n) is 10.6. The molecule has 0 spiro atoms. The molecule has 0 radical (unpaired) electrons. The molecule has 0 aliphatic rings. The zero-order chi connectivity index (χ0) is 14.9. The van der Waals surface area contributed by atoms with Gasteiger partial charge >= 0.3 is 0 Å². The van der Waals surface area contributed by atoms with Crippen molar-refractivity contribution in [1.29, 1.82) is 0 Å². The van der Waals surface area contributed by atoms with Crippen molar-refractivity contribution in [2.24, 2.45) is 0 Å². The van der Waals surface area contributed by atoms with Gasteiger partial charge in [0, 0.05) is 17.0 Å². The molecule has 0 saturated heterocycles. The number of rotatable bonds is 3. The van der Waals surface area contributed by atoms with Gasteiger partial charge in [0.05, 0.1) is 11.7 Å². The minimum absolute atomic E-state index is 0.0296. The standard InChI is InChI=1S/C15H12ClF3O/c1-8-5-6-12(18)14(15(8)19)13(20)7-9-10(16)3-2-4-11(9)17/h2-6,13,20H,7H2,1H3. The summed E-state index contributed by atoms with van der Waals surface area (Å²) in [4.78, 5) is 0. The average Bonchev–Trinajstić information content (AvgIpc) is 2.39. The number of benzene rings is 2. The Balaban J connectivity index is 2.38. The smallest absolute Gasteiger partial charge is 0.134 e. The van der Waals surface area contributed by atoms with E-state index in [9.17, 15) is 18.3 Å². The highest BCUT2D eigenvalue weighted by atomic mass is 35.5. The van der Waals surface area contributed by atoms with Crippen molar-refractivity contribution in [3.05, 3.63) is 69.5 Å². The van der Waals surface area contributed by atoms with Crippen LogP contribution in [-0.4, -0.2) is 5.11 Å².